The molecule has 19 heavy (non-hydrogen) atoms. The molecule has 1 heterocycles. The quantitative estimate of drug-likeness (QED) is 0.794. The second kappa shape index (κ2) is 6.38. The molecular weight excluding hydrogens is 248 g/mol. The first kappa shape index (κ1) is 15.2. The monoisotopic (exact) mass is 268 g/mol. The number of aromatic nitrogens is 1. The molecular formula is C13H20N2O4. The summed E-state index contributed by atoms with van der Waals surface area (Å²) in [6.45, 7) is 4.95. The minimum Gasteiger partial charge on any atom is -0.503 e. The molecule has 0 amide bonds. The lowest BCUT2D eigenvalue weighted by molar-refractivity contribution is -0.138. The largest absolute Gasteiger partial charge is 0.503 e. The van der Waals surface area contributed by atoms with Gasteiger partial charge in [0.05, 0.1) is 12.7 Å². The van der Waals surface area contributed by atoms with Gasteiger partial charge in [0, 0.05) is 24.8 Å². The van der Waals surface area contributed by atoms with E-state index in [2.05, 4.69) is 0 Å². The second-order valence-electron chi connectivity index (χ2n) is 5.13. The van der Waals surface area contributed by atoms with E-state index in [9.17, 15) is 14.7 Å². The highest BCUT2D eigenvalue weighted by atomic mass is 16.4. The average molecular weight is 268 g/mol. The van der Waals surface area contributed by atoms with E-state index in [-0.39, 0.29) is 12.3 Å². The summed E-state index contributed by atoms with van der Waals surface area (Å²) in [4.78, 5) is 23.7. The summed E-state index contributed by atoms with van der Waals surface area (Å²) in [5, 5.41) is 18.2. The van der Waals surface area contributed by atoms with Crippen molar-refractivity contribution in [3.8, 4) is 5.75 Å². The minimum atomic E-state index is -0.918. The Kier molecular flexibility index (Phi) is 5.11. The van der Waals surface area contributed by atoms with Crippen molar-refractivity contribution in [1.82, 2.24) is 9.47 Å². The first-order valence-electron chi connectivity index (χ1n) is 6.12. The van der Waals surface area contributed by atoms with Gasteiger partial charge in [-0.25, -0.2) is 0 Å². The fourth-order valence-electron chi connectivity index (χ4n) is 1.87. The van der Waals surface area contributed by atoms with Crippen molar-refractivity contribution in [3.63, 3.8) is 0 Å². The molecule has 2 N–H and O–H groups in total. The number of aromatic hydroxyl groups is 1. The van der Waals surface area contributed by atoms with E-state index in [1.807, 2.05) is 13.8 Å². The fourth-order valence-corrected chi connectivity index (χ4v) is 1.87. The van der Waals surface area contributed by atoms with Crippen LogP contribution in [0.25, 0.3) is 0 Å². The molecule has 0 atom stereocenters. The summed E-state index contributed by atoms with van der Waals surface area (Å²) >= 11 is 0. The molecule has 0 unspecified atom stereocenters. The summed E-state index contributed by atoms with van der Waals surface area (Å²) in [5.41, 5.74) is 0.249. The molecule has 1 rings (SSSR count). The average Bonchev–Trinajstić information content (AvgIpc) is 2.23. The smallest absolute Gasteiger partial charge is 0.317 e. The molecule has 0 saturated carbocycles. The van der Waals surface area contributed by atoms with Crippen molar-refractivity contribution in [3.05, 3.63) is 28.2 Å². The molecule has 106 valence electrons. The molecule has 0 aliphatic heterocycles. The predicted molar refractivity (Wildman–Crippen MR) is 71.2 cm³/mol. The van der Waals surface area contributed by atoms with Crippen LogP contribution in [0.4, 0.5) is 0 Å². The Morgan fingerprint density at radius 2 is 2.11 bits per heavy atom. The lowest BCUT2D eigenvalue weighted by Crippen LogP contribution is -2.28. The van der Waals surface area contributed by atoms with Crippen molar-refractivity contribution >= 4 is 5.97 Å². The molecule has 0 bridgehead atoms. The number of aliphatic carboxylic acids is 1. The van der Waals surface area contributed by atoms with Crippen LogP contribution in [0.3, 0.4) is 0 Å². The number of hydrogen-bond donors (Lipinski definition) is 2. The zero-order valence-electron chi connectivity index (χ0n) is 11.5. The summed E-state index contributed by atoms with van der Waals surface area (Å²) in [6.07, 6.45) is 1.41. The number of carboxylic acid groups (broad SMARTS) is 1. The second-order valence-corrected chi connectivity index (χ2v) is 5.13. The third-order valence-electron chi connectivity index (χ3n) is 2.60. The Morgan fingerprint density at radius 1 is 1.47 bits per heavy atom. The molecule has 6 nitrogen and oxygen atoms in total. The van der Waals surface area contributed by atoms with Gasteiger partial charge in [-0.2, -0.15) is 0 Å². The zero-order valence-corrected chi connectivity index (χ0v) is 11.5. The molecule has 0 aliphatic rings. The van der Waals surface area contributed by atoms with Crippen LogP contribution in [0.1, 0.15) is 19.5 Å². The van der Waals surface area contributed by atoms with Crippen LogP contribution in [0.15, 0.2) is 17.1 Å². The first-order chi connectivity index (χ1) is 8.79. The van der Waals surface area contributed by atoms with Gasteiger partial charge in [-0.3, -0.25) is 14.5 Å². The highest BCUT2D eigenvalue weighted by molar-refractivity contribution is 5.68. The van der Waals surface area contributed by atoms with E-state index in [0.717, 1.165) is 0 Å². The predicted octanol–water partition coefficient (Wildman–Crippen LogP) is 0.726. The van der Waals surface area contributed by atoms with Crippen LogP contribution in [-0.4, -0.2) is 39.2 Å². The van der Waals surface area contributed by atoms with E-state index >= 15 is 0 Å². The first-order valence-corrected chi connectivity index (χ1v) is 6.12. The van der Waals surface area contributed by atoms with Crippen LogP contribution in [0.2, 0.25) is 0 Å². The third-order valence-corrected chi connectivity index (χ3v) is 2.60. The number of nitrogens with zero attached hydrogens (tertiary/aromatic N) is 2. The molecule has 0 aromatic carbocycles. The third kappa shape index (κ3) is 4.75. The molecule has 0 saturated heterocycles. The lowest BCUT2D eigenvalue weighted by Gasteiger charge is -2.20. The van der Waals surface area contributed by atoms with Crippen molar-refractivity contribution in [2.75, 3.05) is 13.6 Å². The van der Waals surface area contributed by atoms with Crippen molar-refractivity contribution < 1.29 is 15.0 Å². The molecule has 6 heteroatoms. The van der Waals surface area contributed by atoms with Crippen LogP contribution >= 0.6 is 0 Å². The summed E-state index contributed by atoms with van der Waals surface area (Å²) in [7, 11) is 1.67. The maximum atomic E-state index is 11.5. The van der Waals surface area contributed by atoms with Gasteiger partial charge in [0.2, 0.25) is 5.43 Å². The van der Waals surface area contributed by atoms with Crippen LogP contribution in [0.5, 0.6) is 5.75 Å². The van der Waals surface area contributed by atoms with Gasteiger partial charge in [-0.05, 0) is 13.0 Å². The van der Waals surface area contributed by atoms with Gasteiger partial charge in [0.1, 0.15) is 0 Å². The summed E-state index contributed by atoms with van der Waals surface area (Å²) < 4.78 is 1.79. The molecule has 0 fully saturated rings. The number of carboxylic acids is 1. The summed E-state index contributed by atoms with van der Waals surface area (Å²) in [5.74, 6) is -0.852. The van der Waals surface area contributed by atoms with E-state index < -0.39 is 11.4 Å². The van der Waals surface area contributed by atoms with Gasteiger partial charge >= 0.3 is 5.97 Å². The van der Waals surface area contributed by atoms with E-state index in [1.54, 1.807) is 16.5 Å². The molecule has 0 aliphatic carbocycles. The van der Waals surface area contributed by atoms with Gasteiger partial charge in [-0.1, -0.05) is 13.8 Å². The van der Waals surface area contributed by atoms with Crippen LogP contribution in [0, 0.1) is 5.92 Å². The molecule has 0 radical (unpaired) electrons. The number of hydrogen-bond acceptors (Lipinski definition) is 4. The topological polar surface area (TPSA) is 82.8 Å². The molecule has 1 aromatic heterocycles. The van der Waals surface area contributed by atoms with Gasteiger partial charge < -0.3 is 14.8 Å². The Balaban J connectivity index is 3.00. The number of carbonyl (C=O) groups is 1. The normalized spacial score (nSPS) is 11.2. The van der Waals surface area contributed by atoms with E-state index in [0.29, 0.717) is 24.7 Å². The van der Waals surface area contributed by atoms with E-state index in [1.165, 1.54) is 12.3 Å². The summed E-state index contributed by atoms with van der Waals surface area (Å²) in [6, 6.07) is 1.36. The number of rotatable bonds is 6. The Morgan fingerprint density at radius 3 is 2.63 bits per heavy atom. The van der Waals surface area contributed by atoms with Gasteiger partial charge in [0.15, 0.2) is 5.75 Å². The lowest BCUT2D eigenvalue weighted by atomic mass is 10.2. The Hall–Kier alpha value is -1.82. The minimum absolute atomic E-state index is 0.100. The number of likely N-dealkylation sites (N-methyl/N-ethyl adjacent to an activating group) is 1. The Bertz CT molecular complexity index is 508. The number of pyridine rings is 1. The molecule has 0 spiro atoms. The zero-order chi connectivity index (χ0) is 14.6. The van der Waals surface area contributed by atoms with Crippen molar-refractivity contribution in [2.45, 2.75) is 26.9 Å². The van der Waals surface area contributed by atoms with Crippen molar-refractivity contribution in [2.24, 2.45) is 5.92 Å². The maximum absolute atomic E-state index is 11.5. The maximum Gasteiger partial charge on any atom is 0.317 e. The molecule has 1 aromatic rings. The standard InChI is InChI=1S/C13H20N2O4/c1-9(2)5-15-7-12(17)11(16)4-10(15)6-14(3)8-13(18)19/h4,7,9,17H,5-6,8H2,1-3H3,(H,18,19). The van der Waals surface area contributed by atoms with Gasteiger partial charge in [-0.15, -0.1) is 0 Å². The van der Waals surface area contributed by atoms with Crippen LogP contribution < -0.4 is 5.43 Å². The highest BCUT2D eigenvalue weighted by Crippen LogP contribution is 2.10. The highest BCUT2D eigenvalue weighted by Gasteiger charge is 2.11. The van der Waals surface area contributed by atoms with E-state index in [4.69, 9.17) is 5.11 Å². The van der Waals surface area contributed by atoms with Crippen LogP contribution in [-0.2, 0) is 17.9 Å². The SMILES string of the molecule is CC(C)Cn1cc(O)c(=O)cc1CN(C)CC(=O)O. The van der Waals surface area contributed by atoms with Gasteiger partial charge in [0.25, 0.3) is 0 Å². The Labute approximate surface area is 111 Å². The van der Waals surface area contributed by atoms with Crippen molar-refractivity contribution in [1.29, 1.82) is 0 Å². The fraction of sp³-hybridized carbons (Fsp3) is 0.538.